The van der Waals surface area contributed by atoms with E-state index in [1.807, 2.05) is 12.3 Å². The second-order valence-electron chi connectivity index (χ2n) is 8.07. The Morgan fingerprint density at radius 2 is 1.67 bits per heavy atom. The fourth-order valence-electron chi connectivity index (χ4n) is 4.24. The summed E-state index contributed by atoms with van der Waals surface area (Å²) in [6.45, 7) is 16.0. The van der Waals surface area contributed by atoms with Crippen molar-refractivity contribution < 1.29 is 4.43 Å². The van der Waals surface area contributed by atoms with Gasteiger partial charge in [-0.05, 0) is 47.3 Å². The molecule has 0 saturated carbocycles. The van der Waals surface area contributed by atoms with Crippen molar-refractivity contribution in [3.05, 3.63) is 46.7 Å². The summed E-state index contributed by atoms with van der Waals surface area (Å²) in [6, 6.07) is 10.3. The van der Waals surface area contributed by atoms with Gasteiger partial charge in [0.15, 0.2) is 0 Å². The van der Waals surface area contributed by atoms with E-state index < -0.39 is 8.32 Å². The summed E-state index contributed by atoms with van der Waals surface area (Å²) in [4.78, 5) is 4.47. The van der Waals surface area contributed by atoms with E-state index in [1.54, 1.807) is 0 Å². The lowest BCUT2D eigenvalue weighted by Gasteiger charge is -2.42. The van der Waals surface area contributed by atoms with E-state index in [0.29, 0.717) is 16.6 Å². The topological polar surface area (TPSA) is 34.2 Å². The van der Waals surface area contributed by atoms with Crippen LogP contribution in [0.15, 0.2) is 41.0 Å². The van der Waals surface area contributed by atoms with Crippen LogP contribution in [0.3, 0.4) is 0 Å². The first-order chi connectivity index (χ1) is 12.7. The smallest absolute Gasteiger partial charge is 0.258 e. The van der Waals surface area contributed by atoms with Crippen LogP contribution < -0.4 is 9.74 Å². The van der Waals surface area contributed by atoms with Gasteiger partial charge in [0, 0.05) is 22.4 Å². The second kappa shape index (κ2) is 9.24. The Morgan fingerprint density at radius 3 is 2.22 bits per heavy atom. The average molecular weight is 450 g/mol. The van der Waals surface area contributed by atoms with Crippen molar-refractivity contribution >= 4 is 35.6 Å². The second-order valence-corrected chi connectivity index (χ2v) is 14.4. The Balaban J connectivity index is 2.39. The molecule has 0 fully saturated rings. The van der Waals surface area contributed by atoms with E-state index >= 15 is 0 Å². The Hall–Kier alpha value is -1.33. The molecule has 0 amide bonds. The van der Waals surface area contributed by atoms with E-state index in [4.69, 9.17) is 4.43 Å². The van der Waals surface area contributed by atoms with Crippen LogP contribution in [0.4, 0.5) is 11.4 Å². The van der Waals surface area contributed by atoms with Crippen molar-refractivity contribution in [1.29, 1.82) is 0 Å². The highest BCUT2D eigenvalue weighted by Crippen LogP contribution is 2.43. The van der Waals surface area contributed by atoms with Gasteiger partial charge in [0.05, 0.1) is 11.4 Å². The van der Waals surface area contributed by atoms with E-state index in [0.717, 1.165) is 33.7 Å². The quantitative estimate of drug-likeness (QED) is 0.419. The van der Waals surface area contributed by atoms with Gasteiger partial charge < -0.3 is 9.74 Å². The molecule has 0 aliphatic rings. The van der Waals surface area contributed by atoms with Crippen molar-refractivity contribution in [3.63, 3.8) is 0 Å². The van der Waals surface area contributed by atoms with Gasteiger partial charge in [0.2, 0.25) is 0 Å². The lowest BCUT2D eigenvalue weighted by molar-refractivity contribution is 0.480. The summed E-state index contributed by atoms with van der Waals surface area (Å²) >= 11 is 3.66. The van der Waals surface area contributed by atoms with Crippen molar-refractivity contribution in [2.45, 2.75) is 71.5 Å². The standard InChI is InChI=1S/C22H33BrN2OSi/c1-8-21-22(10-9-11-24-21)25-19-12-18(23)13-20(14-19)26-27(15(2)3,16(4)5)17(6)7/h9-17,25H,8H2,1-7H3. The number of hydrogen-bond acceptors (Lipinski definition) is 3. The SMILES string of the molecule is CCc1ncccc1Nc1cc(Br)cc(O[Si](C(C)C)(C(C)C)C(C)C)c1. The molecule has 1 aromatic carbocycles. The highest BCUT2D eigenvalue weighted by Gasteiger charge is 2.47. The van der Waals surface area contributed by atoms with Crippen LogP contribution in [-0.2, 0) is 6.42 Å². The maximum absolute atomic E-state index is 6.86. The van der Waals surface area contributed by atoms with Gasteiger partial charge in [-0.1, -0.05) is 64.4 Å². The fourth-order valence-corrected chi connectivity index (χ4v) is 9.95. The zero-order chi connectivity index (χ0) is 20.2. The van der Waals surface area contributed by atoms with Crippen molar-refractivity contribution in [2.75, 3.05) is 5.32 Å². The van der Waals surface area contributed by atoms with Gasteiger partial charge in [-0.3, -0.25) is 4.98 Å². The molecule has 0 atom stereocenters. The molecule has 0 aliphatic heterocycles. The first-order valence-corrected chi connectivity index (χ1v) is 12.8. The molecule has 3 nitrogen and oxygen atoms in total. The molecule has 1 N–H and O–H groups in total. The maximum Gasteiger partial charge on any atom is 0.258 e. The highest BCUT2D eigenvalue weighted by molar-refractivity contribution is 9.10. The van der Waals surface area contributed by atoms with Crippen LogP contribution in [0.2, 0.25) is 16.6 Å². The predicted octanol–water partition coefficient (Wildman–Crippen LogP) is 7.70. The van der Waals surface area contributed by atoms with Crippen LogP contribution in [0.25, 0.3) is 0 Å². The Labute approximate surface area is 174 Å². The van der Waals surface area contributed by atoms with Crippen LogP contribution >= 0.6 is 15.9 Å². The van der Waals surface area contributed by atoms with E-state index in [9.17, 15) is 0 Å². The monoisotopic (exact) mass is 448 g/mol. The molecule has 5 heteroatoms. The fraction of sp³-hybridized carbons (Fsp3) is 0.500. The van der Waals surface area contributed by atoms with Gasteiger partial charge in [-0.25, -0.2) is 0 Å². The summed E-state index contributed by atoms with van der Waals surface area (Å²) in [7, 11) is -1.99. The lowest BCUT2D eigenvalue weighted by atomic mass is 10.2. The number of anilines is 2. The maximum atomic E-state index is 6.86. The molecule has 27 heavy (non-hydrogen) atoms. The normalized spacial score (nSPS) is 12.1. The number of aryl methyl sites for hydroxylation is 1. The van der Waals surface area contributed by atoms with Gasteiger partial charge in [0.1, 0.15) is 5.75 Å². The Morgan fingerprint density at radius 1 is 1.04 bits per heavy atom. The minimum atomic E-state index is -1.99. The van der Waals surface area contributed by atoms with E-state index in [1.165, 1.54) is 0 Å². The molecule has 0 spiro atoms. The molecule has 0 aliphatic carbocycles. The Bertz CT molecular complexity index is 740. The molecule has 0 unspecified atom stereocenters. The molecule has 1 aromatic heterocycles. The van der Waals surface area contributed by atoms with Gasteiger partial charge >= 0.3 is 0 Å². The highest BCUT2D eigenvalue weighted by atomic mass is 79.9. The number of pyridine rings is 1. The number of nitrogens with one attached hydrogen (secondary N) is 1. The first kappa shape index (κ1) is 22.0. The molecule has 1 heterocycles. The number of rotatable bonds is 8. The Kier molecular flexibility index (Phi) is 7.52. The number of halogens is 1. The van der Waals surface area contributed by atoms with Gasteiger partial charge in [0.25, 0.3) is 8.32 Å². The zero-order valence-corrected chi connectivity index (χ0v) is 20.2. The summed E-state index contributed by atoms with van der Waals surface area (Å²) in [5.74, 6) is 0.941. The van der Waals surface area contributed by atoms with Gasteiger partial charge in [-0.15, -0.1) is 0 Å². The van der Waals surface area contributed by atoms with E-state index in [2.05, 4.69) is 99.0 Å². The summed E-state index contributed by atoms with van der Waals surface area (Å²) < 4.78 is 7.87. The minimum absolute atomic E-state index is 0.540. The van der Waals surface area contributed by atoms with Crippen molar-refractivity contribution in [2.24, 2.45) is 0 Å². The first-order valence-electron chi connectivity index (χ1n) is 9.91. The third-order valence-electron chi connectivity index (χ3n) is 5.38. The van der Waals surface area contributed by atoms with Crippen molar-refractivity contribution in [1.82, 2.24) is 4.98 Å². The molecular formula is C22H33BrN2OSi. The lowest BCUT2D eigenvalue weighted by Crippen LogP contribution is -2.50. The van der Waals surface area contributed by atoms with Gasteiger partial charge in [-0.2, -0.15) is 0 Å². The third-order valence-corrected chi connectivity index (χ3v) is 11.8. The van der Waals surface area contributed by atoms with Crippen LogP contribution in [0.5, 0.6) is 5.75 Å². The molecule has 2 rings (SSSR count). The zero-order valence-electron chi connectivity index (χ0n) is 17.6. The molecule has 0 bridgehead atoms. The summed E-state index contributed by atoms with van der Waals surface area (Å²) in [5, 5.41) is 3.52. The minimum Gasteiger partial charge on any atom is -0.543 e. The molecule has 0 radical (unpaired) electrons. The van der Waals surface area contributed by atoms with Crippen LogP contribution in [0, 0.1) is 0 Å². The number of nitrogens with zero attached hydrogens (tertiary/aromatic N) is 1. The number of aromatic nitrogens is 1. The molecule has 2 aromatic rings. The summed E-state index contributed by atoms with van der Waals surface area (Å²) in [5.41, 5.74) is 4.74. The number of hydrogen-bond donors (Lipinski definition) is 1. The van der Waals surface area contributed by atoms with Crippen molar-refractivity contribution in [3.8, 4) is 5.75 Å². The van der Waals surface area contributed by atoms with Crippen LogP contribution in [0.1, 0.15) is 54.2 Å². The van der Waals surface area contributed by atoms with E-state index in [-0.39, 0.29) is 0 Å². The summed E-state index contributed by atoms with van der Waals surface area (Å²) in [6.07, 6.45) is 2.73. The largest absolute Gasteiger partial charge is 0.543 e. The third kappa shape index (κ3) is 4.94. The number of benzene rings is 1. The molecular weight excluding hydrogens is 416 g/mol. The molecule has 148 valence electrons. The molecule has 0 saturated heterocycles. The van der Waals surface area contributed by atoms with Crippen LogP contribution in [-0.4, -0.2) is 13.3 Å². The average Bonchev–Trinajstić information content (AvgIpc) is 2.58. The predicted molar refractivity (Wildman–Crippen MR) is 123 cm³/mol.